The van der Waals surface area contributed by atoms with Crippen molar-refractivity contribution in [2.45, 2.75) is 43.0 Å². The first kappa shape index (κ1) is 23.1. The van der Waals surface area contributed by atoms with Crippen molar-refractivity contribution in [3.8, 4) is 5.88 Å². The summed E-state index contributed by atoms with van der Waals surface area (Å²) in [4.78, 5) is 24.8. The van der Waals surface area contributed by atoms with Gasteiger partial charge in [-0.1, -0.05) is 47.1 Å². The zero-order valence-electron chi connectivity index (χ0n) is 17.2. The number of benzene rings is 2. The maximum atomic E-state index is 12.9. The molecule has 162 valence electrons. The normalized spacial score (nSPS) is 11.4. The third kappa shape index (κ3) is 5.03. The Hall–Kier alpha value is -2.55. The lowest BCUT2D eigenvalue weighted by atomic mass is 10.1. The SMILES string of the molecule is Cc1nn(C(C)(C)C)c(OC(=O)c2ccc(Cl)cc2Cl)c1Sc1ccccc1[N+](=O)[O-]. The molecule has 0 N–H and O–H groups in total. The molecule has 0 aliphatic heterocycles. The Kier molecular flexibility index (Phi) is 6.64. The molecule has 31 heavy (non-hydrogen) atoms. The lowest BCUT2D eigenvalue weighted by molar-refractivity contribution is -0.387. The largest absolute Gasteiger partial charge is 0.403 e. The number of para-hydroxylation sites is 1. The highest BCUT2D eigenvalue weighted by Gasteiger charge is 2.29. The third-order valence-electron chi connectivity index (χ3n) is 4.22. The van der Waals surface area contributed by atoms with Crippen molar-refractivity contribution >= 4 is 46.6 Å². The highest BCUT2D eigenvalue weighted by molar-refractivity contribution is 7.99. The Morgan fingerprint density at radius 3 is 2.48 bits per heavy atom. The van der Waals surface area contributed by atoms with Gasteiger partial charge in [0, 0.05) is 11.1 Å². The van der Waals surface area contributed by atoms with Gasteiger partial charge in [-0.15, -0.1) is 0 Å². The van der Waals surface area contributed by atoms with Crippen molar-refractivity contribution in [2.75, 3.05) is 0 Å². The Morgan fingerprint density at radius 2 is 1.87 bits per heavy atom. The number of ether oxygens (including phenoxy) is 1. The number of carbonyl (C=O) groups is 1. The van der Waals surface area contributed by atoms with E-state index in [-0.39, 0.29) is 22.2 Å². The van der Waals surface area contributed by atoms with Crippen LogP contribution >= 0.6 is 35.0 Å². The molecule has 3 rings (SSSR count). The smallest absolute Gasteiger partial charge is 0.346 e. The molecule has 10 heteroatoms. The van der Waals surface area contributed by atoms with Crippen LogP contribution in [0.2, 0.25) is 10.0 Å². The first-order valence-corrected chi connectivity index (χ1v) is 10.7. The average molecular weight is 480 g/mol. The van der Waals surface area contributed by atoms with E-state index in [0.29, 0.717) is 20.5 Å². The zero-order valence-corrected chi connectivity index (χ0v) is 19.5. The molecule has 3 aromatic rings. The number of rotatable bonds is 5. The second-order valence-corrected chi connectivity index (χ2v) is 9.54. The first-order valence-electron chi connectivity index (χ1n) is 9.17. The minimum Gasteiger partial charge on any atom is -0.403 e. The van der Waals surface area contributed by atoms with E-state index in [0.717, 1.165) is 11.8 Å². The van der Waals surface area contributed by atoms with Gasteiger partial charge in [-0.2, -0.15) is 5.10 Å². The van der Waals surface area contributed by atoms with Crippen molar-refractivity contribution in [3.05, 3.63) is 73.9 Å². The molecule has 0 radical (unpaired) electrons. The molecule has 0 saturated heterocycles. The summed E-state index contributed by atoms with van der Waals surface area (Å²) in [6, 6.07) is 10.8. The minimum atomic E-state index is -0.684. The molecule has 0 spiro atoms. The van der Waals surface area contributed by atoms with Gasteiger partial charge in [0.05, 0.1) is 36.5 Å². The summed E-state index contributed by atoms with van der Waals surface area (Å²) in [5.41, 5.74) is 0.148. The monoisotopic (exact) mass is 479 g/mol. The van der Waals surface area contributed by atoms with Crippen molar-refractivity contribution in [1.82, 2.24) is 9.78 Å². The average Bonchev–Trinajstić information content (AvgIpc) is 2.98. The van der Waals surface area contributed by atoms with Gasteiger partial charge in [-0.25, -0.2) is 9.48 Å². The van der Waals surface area contributed by atoms with Crippen LogP contribution in [0, 0.1) is 17.0 Å². The fraction of sp³-hybridized carbons (Fsp3) is 0.238. The molecule has 0 fully saturated rings. The zero-order chi connectivity index (χ0) is 22.9. The standard InChI is InChI=1S/C21H19Cl2N3O4S/c1-12-18(31-17-8-6-5-7-16(17)26(28)29)19(25(24-12)21(2,3)4)30-20(27)14-10-9-13(22)11-15(14)23/h5-11H,1-4H3. The fourth-order valence-corrected chi connectivity index (χ4v) is 4.26. The second kappa shape index (κ2) is 8.90. The fourth-order valence-electron chi connectivity index (χ4n) is 2.76. The minimum absolute atomic E-state index is 0.0477. The van der Waals surface area contributed by atoms with E-state index in [1.54, 1.807) is 35.9 Å². The summed E-state index contributed by atoms with van der Waals surface area (Å²) in [7, 11) is 0. The molecule has 0 bridgehead atoms. The maximum absolute atomic E-state index is 12.9. The van der Waals surface area contributed by atoms with Crippen molar-refractivity contribution in [3.63, 3.8) is 0 Å². The summed E-state index contributed by atoms with van der Waals surface area (Å²) in [6.45, 7) is 7.48. The number of hydrogen-bond acceptors (Lipinski definition) is 6. The second-order valence-electron chi connectivity index (χ2n) is 7.64. The molecule has 1 heterocycles. The maximum Gasteiger partial charge on any atom is 0.346 e. The predicted octanol–water partition coefficient (Wildman–Crippen LogP) is 6.53. The van der Waals surface area contributed by atoms with Gasteiger partial charge in [0.15, 0.2) is 0 Å². The van der Waals surface area contributed by atoms with Crippen LogP contribution in [0.1, 0.15) is 36.8 Å². The van der Waals surface area contributed by atoms with Crippen LogP contribution in [0.25, 0.3) is 0 Å². The van der Waals surface area contributed by atoms with Gasteiger partial charge < -0.3 is 4.74 Å². The van der Waals surface area contributed by atoms with Crippen molar-refractivity contribution < 1.29 is 14.5 Å². The molecule has 0 aliphatic rings. The number of hydrogen-bond donors (Lipinski definition) is 0. The van der Waals surface area contributed by atoms with Gasteiger partial charge in [0.1, 0.15) is 0 Å². The van der Waals surface area contributed by atoms with Gasteiger partial charge >= 0.3 is 5.97 Å². The summed E-state index contributed by atoms with van der Waals surface area (Å²) < 4.78 is 7.33. The van der Waals surface area contributed by atoms with E-state index in [9.17, 15) is 14.9 Å². The number of nitro benzene ring substituents is 1. The highest BCUT2D eigenvalue weighted by Crippen LogP contribution is 2.43. The number of carbonyl (C=O) groups excluding carboxylic acids is 1. The van der Waals surface area contributed by atoms with E-state index >= 15 is 0 Å². The summed E-state index contributed by atoms with van der Waals surface area (Å²) >= 11 is 13.2. The Morgan fingerprint density at radius 1 is 1.19 bits per heavy atom. The van der Waals surface area contributed by atoms with E-state index < -0.39 is 16.4 Å². The van der Waals surface area contributed by atoms with E-state index in [2.05, 4.69) is 5.10 Å². The molecule has 0 amide bonds. The quantitative estimate of drug-likeness (QED) is 0.234. The Balaban J connectivity index is 2.08. The summed E-state index contributed by atoms with van der Waals surface area (Å²) in [5.74, 6) is -0.499. The van der Waals surface area contributed by atoms with Crippen molar-refractivity contribution in [1.29, 1.82) is 0 Å². The molecule has 1 aromatic heterocycles. The third-order valence-corrected chi connectivity index (χ3v) is 6.00. The van der Waals surface area contributed by atoms with Crippen LogP contribution in [0.15, 0.2) is 52.3 Å². The Bertz CT molecular complexity index is 1170. The number of aryl methyl sites for hydroxylation is 1. The van der Waals surface area contributed by atoms with Crippen LogP contribution in [0.4, 0.5) is 5.69 Å². The number of esters is 1. The highest BCUT2D eigenvalue weighted by atomic mass is 35.5. The summed E-state index contributed by atoms with van der Waals surface area (Å²) in [6.07, 6.45) is 0. The Labute approximate surface area is 193 Å². The van der Waals surface area contributed by atoms with Gasteiger partial charge in [-0.05, 0) is 52.0 Å². The molecule has 0 aliphatic carbocycles. The van der Waals surface area contributed by atoms with E-state index in [4.69, 9.17) is 27.9 Å². The van der Waals surface area contributed by atoms with E-state index in [1.807, 2.05) is 20.8 Å². The molecule has 0 saturated carbocycles. The number of halogens is 2. The lowest BCUT2D eigenvalue weighted by Crippen LogP contribution is -2.25. The van der Waals surface area contributed by atoms with Crippen LogP contribution < -0.4 is 4.74 Å². The van der Waals surface area contributed by atoms with Crippen LogP contribution in [0.5, 0.6) is 5.88 Å². The molecular formula is C21H19Cl2N3O4S. The number of nitrogens with zero attached hydrogens (tertiary/aromatic N) is 3. The number of nitro groups is 1. The first-order chi connectivity index (χ1) is 14.5. The molecule has 7 nitrogen and oxygen atoms in total. The van der Waals surface area contributed by atoms with Crippen molar-refractivity contribution in [2.24, 2.45) is 0 Å². The molecular weight excluding hydrogens is 461 g/mol. The van der Waals surface area contributed by atoms with Gasteiger partial charge in [0.25, 0.3) is 5.69 Å². The van der Waals surface area contributed by atoms with Crippen LogP contribution in [-0.4, -0.2) is 20.7 Å². The lowest BCUT2D eigenvalue weighted by Gasteiger charge is -2.22. The molecule has 0 unspecified atom stereocenters. The number of aromatic nitrogens is 2. The summed E-state index contributed by atoms with van der Waals surface area (Å²) in [5, 5.41) is 16.5. The van der Waals surface area contributed by atoms with E-state index in [1.165, 1.54) is 18.2 Å². The molecule has 0 atom stereocenters. The van der Waals surface area contributed by atoms with Gasteiger partial charge in [-0.3, -0.25) is 10.1 Å². The molecule has 2 aromatic carbocycles. The van der Waals surface area contributed by atoms with Crippen LogP contribution in [-0.2, 0) is 5.54 Å². The van der Waals surface area contributed by atoms with Crippen LogP contribution in [0.3, 0.4) is 0 Å². The van der Waals surface area contributed by atoms with Gasteiger partial charge in [0.2, 0.25) is 5.88 Å². The topological polar surface area (TPSA) is 87.3 Å². The predicted molar refractivity (Wildman–Crippen MR) is 121 cm³/mol.